The van der Waals surface area contributed by atoms with E-state index in [1.54, 1.807) is 0 Å². The molecular formula is C22H17Cl3F3N3O5S2. The van der Waals surface area contributed by atoms with E-state index in [4.69, 9.17) is 34.8 Å². The maximum absolute atomic E-state index is 13.1. The molecule has 16 heteroatoms. The van der Waals surface area contributed by atoms with Crippen LogP contribution >= 0.6 is 34.8 Å². The quantitative estimate of drug-likeness (QED) is 0.323. The van der Waals surface area contributed by atoms with E-state index in [-0.39, 0.29) is 32.0 Å². The van der Waals surface area contributed by atoms with Crippen molar-refractivity contribution >= 4 is 77.8 Å². The van der Waals surface area contributed by atoms with Crippen molar-refractivity contribution in [3.05, 3.63) is 81.3 Å². The van der Waals surface area contributed by atoms with Crippen LogP contribution in [0.4, 0.5) is 30.2 Å². The van der Waals surface area contributed by atoms with Crippen LogP contribution in [-0.2, 0) is 31.0 Å². The summed E-state index contributed by atoms with van der Waals surface area (Å²) in [6.07, 6.45) is -3.91. The molecule has 0 aromatic heterocycles. The Labute approximate surface area is 231 Å². The average molecular weight is 631 g/mol. The van der Waals surface area contributed by atoms with Gasteiger partial charge >= 0.3 is 6.18 Å². The van der Waals surface area contributed by atoms with Gasteiger partial charge < -0.3 is 5.32 Å². The van der Waals surface area contributed by atoms with Crippen LogP contribution in [0.15, 0.2) is 65.6 Å². The first-order chi connectivity index (χ1) is 17.5. The smallest absolute Gasteiger partial charge is 0.325 e. The van der Waals surface area contributed by atoms with Crippen LogP contribution in [0.5, 0.6) is 0 Å². The third-order valence-electron chi connectivity index (χ3n) is 4.86. The molecule has 204 valence electrons. The predicted molar refractivity (Wildman–Crippen MR) is 141 cm³/mol. The van der Waals surface area contributed by atoms with E-state index in [0.717, 1.165) is 34.8 Å². The largest absolute Gasteiger partial charge is 0.417 e. The van der Waals surface area contributed by atoms with E-state index in [9.17, 15) is 34.8 Å². The number of carbonyl (C=O) groups is 1. The standard InChI is InChI=1S/C22H17Cl3F3N3O5S2/c1-37(33,34)31(19-4-2-3-18(24)21(19)25)12-20(32)29-13-5-8-15(9-6-13)38(35,36)30-14-7-10-17(23)16(11-14)22(26,27)28/h2-11,30H,12H2,1H3,(H,29,32). The first-order valence-electron chi connectivity index (χ1n) is 10.2. The maximum atomic E-state index is 13.1. The van der Waals surface area contributed by atoms with Gasteiger partial charge in [0.1, 0.15) is 6.54 Å². The van der Waals surface area contributed by atoms with Crippen molar-refractivity contribution < 1.29 is 34.8 Å². The van der Waals surface area contributed by atoms with Crippen LogP contribution in [0.1, 0.15) is 5.56 Å². The van der Waals surface area contributed by atoms with E-state index >= 15 is 0 Å². The molecule has 0 saturated carbocycles. The molecule has 8 nitrogen and oxygen atoms in total. The summed E-state index contributed by atoms with van der Waals surface area (Å²) in [5, 5.41) is 1.85. The Hall–Kier alpha value is -2.71. The molecule has 0 fully saturated rings. The predicted octanol–water partition coefficient (Wildman–Crippen LogP) is 5.87. The van der Waals surface area contributed by atoms with E-state index in [2.05, 4.69) is 5.32 Å². The van der Waals surface area contributed by atoms with E-state index in [1.165, 1.54) is 30.3 Å². The molecule has 0 aliphatic carbocycles. The van der Waals surface area contributed by atoms with Crippen molar-refractivity contribution in [1.82, 2.24) is 0 Å². The fraction of sp³-hybridized carbons (Fsp3) is 0.136. The Balaban J connectivity index is 1.76. The van der Waals surface area contributed by atoms with E-state index < -0.39 is 49.3 Å². The lowest BCUT2D eigenvalue weighted by molar-refractivity contribution is -0.137. The van der Waals surface area contributed by atoms with Gasteiger partial charge in [0.25, 0.3) is 10.0 Å². The number of rotatable bonds is 8. The van der Waals surface area contributed by atoms with Gasteiger partial charge in [-0.2, -0.15) is 13.2 Å². The molecule has 3 aromatic carbocycles. The van der Waals surface area contributed by atoms with Gasteiger partial charge in [0.15, 0.2) is 0 Å². The lowest BCUT2D eigenvalue weighted by atomic mass is 10.2. The summed E-state index contributed by atoms with van der Waals surface area (Å²) in [5.74, 6) is -0.777. The fourth-order valence-corrected chi connectivity index (χ4v) is 5.72. The Morgan fingerprint density at radius 2 is 1.50 bits per heavy atom. The van der Waals surface area contributed by atoms with Gasteiger partial charge in [0.05, 0.1) is 37.5 Å². The Bertz CT molecular complexity index is 1580. The minimum atomic E-state index is -4.79. The van der Waals surface area contributed by atoms with Crippen molar-refractivity contribution in [2.45, 2.75) is 11.1 Å². The number of hydrogen-bond donors (Lipinski definition) is 2. The fourth-order valence-electron chi connectivity index (χ4n) is 3.13. The van der Waals surface area contributed by atoms with Crippen LogP contribution in [0, 0.1) is 0 Å². The molecule has 0 atom stereocenters. The van der Waals surface area contributed by atoms with Gasteiger partial charge in [0.2, 0.25) is 15.9 Å². The molecule has 0 heterocycles. The first-order valence-corrected chi connectivity index (χ1v) is 14.7. The summed E-state index contributed by atoms with van der Waals surface area (Å²) in [7, 11) is -8.26. The van der Waals surface area contributed by atoms with E-state index in [0.29, 0.717) is 6.07 Å². The second kappa shape index (κ2) is 11.2. The highest BCUT2D eigenvalue weighted by Gasteiger charge is 2.33. The summed E-state index contributed by atoms with van der Waals surface area (Å²) in [5.41, 5.74) is -1.47. The number of alkyl halides is 3. The third-order valence-corrected chi connectivity index (χ3v) is 8.52. The number of nitrogens with one attached hydrogen (secondary N) is 2. The normalized spacial score (nSPS) is 12.2. The van der Waals surface area contributed by atoms with Crippen LogP contribution in [0.3, 0.4) is 0 Å². The molecule has 0 spiro atoms. The highest BCUT2D eigenvalue weighted by atomic mass is 35.5. The van der Waals surface area contributed by atoms with Crippen molar-refractivity contribution in [3.8, 4) is 0 Å². The summed E-state index contributed by atoms with van der Waals surface area (Å²) in [4.78, 5) is 12.3. The number of hydrogen-bond acceptors (Lipinski definition) is 5. The molecule has 3 rings (SSSR count). The molecule has 0 bridgehead atoms. The van der Waals surface area contributed by atoms with Gasteiger partial charge in [-0.3, -0.25) is 13.8 Å². The van der Waals surface area contributed by atoms with Crippen LogP contribution in [0.2, 0.25) is 15.1 Å². The third kappa shape index (κ3) is 7.23. The molecule has 2 N–H and O–H groups in total. The summed E-state index contributed by atoms with van der Waals surface area (Å²) >= 11 is 17.6. The van der Waals surface area contributed by atoms with Crippen molar-refractivity contribution in [3.63, 3.8) is 0 Å². The number of sulfonamides is 2. The SMILES string of the molecule is CS(=O)(=O)N(CC(=O)Nc1ccc(S(=O)(=O)Nc2ccc(Cl)c(C(F)(F)F)c2)cc1)c1cccc(Cl)c1Cl. The number of halogens is 6. The lowest BCUT2D eigenvalue weighted by Gasteiger charge is -2.23. The Kier molecular flexibility index (Phi) is 8.78. The molecule has 0 aliphatic heterocycles. The molecule has 1 amide bonds. The molecular weight excluding hydrogens is 614 g/mol. The van der Waals surface area contributed by atoms with Gasteiger partial charge in [-0.05, 0) is 54.6 Å². The van der Waals surface area contributed by atoms with Crippen molar-refractivity contribution in [2.75, 3.05) is 27.1 Å². The second-order valence-electron chi connectivity index (χ2n) is 7.71. The zero-order valence-corrected chi connectivity index (χ0v) is 23.0. The van der Waals surface area contributed by atoms with Gasteiger partial charge in [0, 0.05) is 11.4 Å². The molecule has 0 aliphatic rings. The number of nitrogens with zero attached hydrogens (tertiary/aromatic N) is 1. The number of anilines is 3. The minimum absolute atomic E-state index is 0.0137. The molecule has 0 radical (unpaired) electrons. The Morgan fingerprint density at radius 3 is 2.08 bits per heavy atom. The number of carbonyl (C=O) groups excluding carboxylic acids is 1. The zero-order valence-electron chi connectivity index (χ0n) is 19.1. The van der Waals surface area contributed by atoms with Crippen LogP contribution in [0.25, 0.3) is 0 Å². The lowest BCUT2D eigenvalue weighted by Crippen LogP contribution is -2.37. The summed E-state index contributed by atoms with van der Waals surface area (Å²) < 4.78 is 91.8. The number of amides is 1. The average Bonchev–Trinajstić information content (AvgIpc) is 2.79. The topological polar surface area (TPSA) is 113 Å². The number of benzene rings is 3. The first kappa shape index (κ1) is 29.8. The van der Waals surface area contributed by atoms with E-state index in [1.807, 2.05) is 4.72 Å². The van der Waals surface area contributed by atoms with Crippen molar-refractivity contribution in [2.24, 2.45) is 0 Å². The molecule has 38 heavy (non-hydrogen) atoms. The second-order valence-corrected chi connectivity index (χ2v) is 12.5. The van der Waals surface area contributed by atoms with Crippen LogP contribution < -0.4 is 14.3 Å². The molecule has 0 unspecified atom stereocenters. The van der Waals surface area contributed by atoms with Gasteiger partial charge in [-0.15, -0.1) is 0 Å². The monoisotopic (exact) mass is 629 g/mol. The summed E-state index contributed by atoms with van der Waals surface area (Å²) in [6, 6.07) is 11.4. The minimum Gasteiger partial charge on any atom is -0.325 e. The van der Waals surface area contributed by atoms with Crippen LogP contribution in [-0.4, -0.2) is 35.5 Å². The summed E-state index contributed by atoms with van der Waals surface area (Å²) in [6.45, 7) is -0.668. The Morgan fingerprint density at radius 1 is 0.895 bits per heavy atom. The zero-order chi connectivity index (χ0) is 28.5. The highest BCUT2D eigenvalue weighted by Crippen LogP contribution is 2.37. The highest BCUT2D eigenvalue weighted by molar-refractivity contribution is 7.92. The molecule has 3 aromatic rings. The van der Waals surface area contributed by atoms with Gasteiger partial charge in [-0.1, -0.05) is 40.9 Å². The maximum Gasteiger partial charge on any atom is 0.417 e. The molecule has 0 saturated heterocycles. The van der Waals surface area contributed by atoms with Gasteiger partial charge in [-0.25, -0.2) is 16.8 Å². The van der Waals surface area contributed by atoms with Crippen molar-refractivity contribution in [1.29, 1.82) is 0 Å².